The van der Waals surface area contributed by atoms with E-state index in [4.69, 9.17) is 9.84 Å². The lowest BCUT2D eigenvalue weighted by molar-refractivity contribution is -0.384. The molecule has 2 aromatic rings. The molecule has 1 aromatic heterocycles. The SMILES string of the molecule is Cc1cc([N+](=O)[O-])ccc1Oc1cccnc1C(=O)O. The third-order valence-corrected chi connectivity index (χ3v) is 2.56. The smallest absolute Gasteiger partial charge is 0.358 e. The highest BCUT2D eigenvalue weighted by Crippen LogP contribution is 2.29. The van der Waals surface area contributed by atoms with Crippen molar-refractivity contribution in [2.75, 3.05) is 0 Å². The molecule has 0 saturated heterocycles. The summed E-state index contributed by atoms with van der Waals surface area (Å²) < 4.78 is 5.47. The molecule has 20 heavy (non-hydrogen) atoms. The maximum Gasteiger partial charge on any atom is 0.358 e. The number of nitro benzene ring substituents is 1. The van der Waals surface area contributed by atoms with Crippen molar-refractivity contribution in [2.45, 2.75) is 6.92 Å². The van der Waals surface area contributed by atoms with E-state index in [1.165, 1.54) is 30.5 Å². The van der Waals surface area contributed by atoms with Crippen LogP contribution in [0.5, 0.6) is 11.5 Å². The maximum absolute atomic E-state index is 11.0. The molecule has 7 nitrogen and oxygen atoms in total. The Bertz CT molecular complexity index is 684. The van der Waals surface area contributed by atoms with E-state index in [-0.39, 0.29) is 17.1 Å². The van der Waals surface area contributed by atoms with E-state index in [1.807, 2.05) is 0 Å². The van der Waals surface area contributed by atoms with Gasteiger partial charge in [0.15, 0.2) is 11.4 Å². The summed E-state index contributed by atoms with van der Waals surface area (Å²) in [4.78, 5) is 24.9. The van der Waals surface area contributed by atoms with Gasteiger partial charge in [0.05, 0.1) is 4.92 Å². The largest absolute Gasteiger partial charge is 0.476 e. The zero-order chi connectivity index (χ0) is 14.7. The van der Waals surface area contributed by atoms with Gasteiger partial charge in [-0.3, -0.25) is 10.1 Å². The fourth-order valence-electron chi connectivity index (χ4n) is 1.61. The van der Waals surface area contributed by atoms with Crippen LogP contribution in [0, 0.1) is 17.0 Å². The third kappa shape index (κ3) is 2.72. The van der Waals surface area contributed by atoms with Crippen molar-refractivity contribution in [3.8, 4) is 11.5 Å². The summed E-state index contributed by atoms with van der Waals surface area (Å²) >= 11 is 0. The molecular formula is C13H10N2O5. The van der Waals surface area contributed by atoms with Gasteiger partial charge < -0.3 is 9.84 Å². The van der Waals surface area contributed by atoms with Crippen LogP contribution >= 0.6 is 0 Å². The predicted octanol–water partition coefficient (Wildman–Crippen LogP) is 2.79. The summed E-state index contributed by atoms with van der Waals surface area (Å²) in [6.45, 7) is 1.64. The second kappa shape index (κ2) is 5.35. The molecule has 102 valence electrons. The third-order valence-electron chi connectivity index (χ3n) is 2.56. The fourth-order valence-corrected chi connectivity index (χ4v) is 1.61. The second-order valence-corrected chi connectivity index (χ2v) is 3.96. The monoisotopic (exact) mass is 274 g/mol. The average molecular weight is 274 g/mol. The van der Waals surface area contributed by atoms with Gasteiger partial charge in [-0.25, -0.2) is 9.78 Å². The number of carboxylic acid groups (broad SMARTS) is 1. The zero-order valence-corrected chi connectivity index (χ0v) is 10.4. The number of carboxylic acids is 1. The van der Waals surface area contributed by atoms with Crippen LogP contribution in [0.25, 0.3) is 0 Å². The molecule has 0 aliphatic carbocycles. The minimum Gasteiger partial charge on any atom is -0.476 e. The Morgan fingerprint density at radius 1 is 1.35 bits per heavy atom. The van der Waals surface area contributed by atoms with Crippen molar-refractivity contribution in [1.82, 2.24) is 4.98 Å². The van der Waals surface area contributed by atoms with Gasteiger partial charge in [0.2, 0.25) is 0 Å². The number of rotatable bonds is 4. The van der Waals surface area contributed by atoms with Gasteiger partial charge in [-0.05, 0) is 30.7 Å². The lowest BCUT2D eigenvalue weighted by Gasteiger charge is -2.09. The van der Waals surface area contributed by atoms with E-state index in [0.717, 1.165) is 0 Å². The number of hydrogen-bond acceptors (Lipinski definition) is 5. The minimum absolute atomic E-state index is 0.0560. The molecule has 0 spiro atoms. The van der Waals surface area contributed by atoms with Crippen molar-refractivity contribution in [3.63, 3.8) is 0 Å². The minimum atomic E-state index is -1.21. The van der Waals surface area contributed by atoms with Gasteiger partial charge in [-0.2, -0.15) is 0 Å². The molecule has 0 atom stereocenters. The molecule has 0 radical (unpaired) electrons. The standard InChI is InChI=1S/C13H10N2O5/c1-8-7-9(15(18)19)4-5-10(8)20-11-3-2-6-14-12(11)13(16)17/h2-7H,1H3,(H,16,17). The van der Waals surface area contributed by atoms with E-state index in [0.29, 0.717) is 11.3 Å². The van der Waals surface area contributed by atoms with Crippen molar-refractivity contribution in [1.29, 1.82) is 0 Å². The van der Waals surface area contributed by atoms with Gasteiger partial charge in [-0.1, -0.05) is 0 Å². The van der Waals surface area contributed by atoms with Crippen molar-refractivity contribution in [2.24, 2.45) is 0 Å². The molecule has 1 aromatic carbocycles. The Hall–Kier alpha value is -2.96. The van der Waals surface area contributed by atoms with Crippen molar-refractivity contribution >= 4 is 11.7 Å². The number of aryl methyl sites for hydroxylation is 1. The van der Waals surface area contributed by atoms with Crippen LogP contribution in [-0.4, -0.2) is 21.0 Å². The zero-order valence-electron chi connectivity index (χ0n) is 10.4. The molecule has 2 rings (SSSR count). The summed E-state index contributed by atoms with van der Waals surface area (Å²) in [6.07, 6.45) is 1.35. The summed E-state index contributed by atoms with van der Waals surface area (Å²) in [5.74, 6) is -0.789. The van der Waals surface area contributed by atoms with Crippen LogP contribution in [0.2, 0.25) is 0 Å². The highest BCUT2D eigenvalue weighted by molar-refractivity contribution is 5.88. The topological polar surface area (TPSA) is 103 Å². The molecule has 0 unspecified atom stereocenters. The van der Waals surface area contributed by atoms with Crippen molar-refractivity contribution in [3.05, 3.63) is 57.9 Å². The van der Waals surface area contributed by atoms with E-state index in [1.54, 1.807) is 13.0 Å². The molecular weight excluding hydrogens is 264 g/mol. The summed E-state index contributed by atoms with van der Waals surface area (Å²) in [5, 5.41) is 19.6. The van der Waals surface area contributed by atoms with Crippen LogP contribution in [0.4, 0.5) is 5.69 Å². The van der Waals surface area contributed by atoms with Gasteiger partial charge in [0.25, 0.3) is 5.69 Å². The molecule has 1 heterocycles. The Labute approximate surface area is 113 Å². The number of non-ortho nitro benzene ring substituents is 1. The molecule has 1 N–H and O–H groups in total. The molecule has 0 aliphatic rings. The van der Waals surface area contributed by atoms with Crippen LogP contribution in [-0.2, 0) is 0 Å². The van der Waals surface area contributed by atoms with E-state index in [9.17, 15) is 14.9 Å². The Kier molecular flexibility index (Phi) is 3.60. The van der Waals surface area contributed by atoms with Crippen molar-refractivity contribution < 1.29 is 19.6 Å². The normalized spacial score (nSPS) is 10.1. The van der Waals surface area contributed by atoms with Crippen LogP contribution in [0.15, 0.2) is 36.5 Å². The number of hydrogen-bond donors (Lipinski definition) is 1. The predicted molar refractivity (Wildman–Crippen MR) is 69.1 cm³/mol. The molecule has 0 aliphatic heterocycles. The number of pyridine rings is 1. The van der Waals surface area contributed by atoms with Crippen LogP contribution in [0.1, 0.15) is 16.1 Å². The van der Waals surface area contributed by atoms with E-state index in [2.05, 4.69) is 4.98 Å². The second-order valence-electron chi connectivity index (χ2n) is 3.96. The maximum atomic E-state index is 11.0. The lowest BCUT2D eigenvalue weighted by Crippen LogP contribution is -2.03. The fraction of sp³-hybridized carbons (Fsp3) is 0.0769. The Morgan fingerprint density at radius 2 is 2.10 bits per heavy atom. The van der Waals surface area contributed by atoms with Gasteiger partial charge in [0, 0.05) is 18.3 Å². The van der Waals surface area contributed by atoms with E-state index < -0.39 is 10.9 Å². The number of carbonyl (C=O) groups is 1. The molecule has 7 heteroatoms. The Morgan fingerprint density at radius 3 is 2.70 bits per heavy atom. The highest BCUT2D eigenvalue weighted by Gasteiger charge is 2.15. The number of nitro groups is 1. The molecule has 0 fully saturated rings. The van der Waals surface area contributed by atoms with Gasteiger partial charge >= 0.3 is 5.97 Å². The first-order valence-corrected chi connectivity index (χ1v) is 5.60. The van der Waals surface area contributed by atoms with Crippen LogP contribution < -0.4 is 4.74 Å². The number of nitrogens with zero attached hydrogens (tertiary/aromatic N) is 2. The molecule has 0 saturated carbocycles. The Balaban J connectivity index is 2.36. The molecule has 0 amide bonds. The summed E-state index contributed by atoms with van der Waals surface area (Å²) in [6, 6.07) is 7.08. The number of aromatic nitrogens is 1. The van der Waals surface area contributed by atoms with Gasteiger partial charge in [0.1, 0.15) is 5.75 Å². The first-order chi connectivity index (χ1) is 9.49. The van der Waals surface area contributed by atoms with Gasteiger partial charge in [-0.15, -0.1) is 0 Å². The first-order valence-electron chi connectivity index (χ1n) is 5.60. The highest BCUT2D eigenvalue weighted by atomic mass is 16.6. The summed E-state index contributed by atoms with van der Waals surface area (Å²) in [5.41, 5.74) is 0.254. The lowest BCUT2D eigenvalue weighted by atomic mass is 10.2. The first kappa shape index (κ1) is 13.5. The number of ether oxygens (including phenoxy) is 1. The van der Waals surface area contributed by atoms with E-state index >= 15 is 0 Å². The van der Waals surface area contributed by atoms with Crippen LogP contribution in [0.3, 0.4) is 0 Å². The average Bonchev–Trinajstić information content (AvgIpc) is 2.41. The number of benzene rings is 1. The summed E-state index contributed by atoms with van der Waals surface area (Å²) in [7, 11) is 0. The number of aromatic carboxylic acids is 1. The quantitative estimate of drug-likeness (QED) is 0.679. The molecule has 0 bridgehead atoms.